The Hall–Kier alpha value is -2.19. The summed E-state index contributed by atoms with van der Waals surface area (Å²) in [6.07, 6.45) is 1.50. The van der Waals surface area contributed by atoms with Gasteiger partial charge in [0.2, 0.25) is 0 Å². The van der Waals surface area contributed by atoms with Crippen molar-refractivity contribution in [2.45, 2.75) is 6.92 Å². The molecule has 2 amide bonds. The standard InChI is InChI=1S/C16H16ClNO6S/c1-4-24-13(19)8-18-15(20)12(25-16(18)21)7-9-5-10(17)14(23-3)11(6-9)22-2/h5-7H,4,8H2,1-3H3/b12-7+. The normalized spacial score (nSPS) is 15.7. The Morgan fingerprint density at radius 3 is 2.60 bits per heavy atom. The molecule has 0 radical (unpaired) electrons. The molecule has 0 aromatic heterocycles. The average Bonchev–Trinajstić information content (AvgIpc) is 2.82. The lowest BCUT2D eigenvalue weighted by Crippen LogP contribution is -2.34. The third-order valence-corrected chi connectivity index (χ3v) is 4.41. The number of imide groups is 1. The number of hydrogen-bond acceptors (Lipinski definition) is 7. The predicted molar refractivity (Wildman–Crippen MR) is 93.9 cm³/mol. The van der Waals surface area contributed by atoms with Gasteiger partial charge in [-0.15, -0.1) is 0 Å². The molecule has 1 aromatic rings. The van der Waals surface area contributed by atoms with E-state index >= 15 is 0 Å². The molecule has 0 bridgehead atoms. The zero-order chi connectivity index (χ0) is 18.6. The number of carbonyl (C=O) groups excluding carboxylic acids is 3. The fraction of sp³-hybridized carbons (Fsp3) is 0.312. The zero-order valence-electron chi connectivity index (χ0n) is 13.8. The lowest BCUT2D eigenvalue weighted by atomic mass is 10.2. The van der Waals surface area contributed by atoms with E-state index in [0.717, 1.165) is 16.7 Å². The summed E-state index contributed by atoms with van der Waals surface area (Å²) in [5.41, 5.74) is 0.560. The molecular weight excluding hydrogens is 370 g/mol. The molecule has 25 heavy (non-hydrogen) atoms. The number of carbonyl (C=O) groups is 3. The van der Waals surface area contributed by atoms with Gasteiger partial charge in [-0.05, 0) is 42.5 Å². The van der Waals surface area contributed by atoms with Crippen LogP contribution in [0.3, 0.4) is 0 Å². The highest BCUT2D eigenvalue weighted by molar-refractivity contribution is 8.18. The number of halogens is 1. The number of nitrogens with zero attached hydrogens (tertiary/aromatic N) is 1. The summed E-state index contributed by atoms with van der Waals surface area (Å²) in [5.74, 6) is -0.432. The van der Waals surface area contributed by atoms with Crippen molar-refractivity contribution >= 4 is 46.6 Å². The quantitative estimate of drug-likeness (QED) is 0.550. The molecule has 0 spiro atoms. The molecule has 7 nitrogen and oxygen atoms in total. The first-order valence-corrected chi connectivity index (χ1v) is 8.43. The minimum atomic E-state index is -0.639. The van der Waals surface area contributed by atoms with Gasteiger partial charge in [0.1, 0.15) is 6.54 Å². The van der Waals surface area contributed by atoms with E-state index < -0.39 is 23.7 Å². The van der Waals surface area contributed by atoms with Gasteiger partial charge in [0, 0.05) is 0 Å². The van der Waals surface area contributed by atoms with E-state index in [2.05, 4.69) is 0 Å². The van der Waals surface area contributed by atoms with Gasteiger partial charge in [-0.25, -0.2) is 0 Å². The molecule has 1 aliphatic rings. The molecule has 0 atom stereocenters. The Morgan fingerprint density at radius 1 is 1.28 bits per heavy atom. The van der Waals surface area contributed by atoms with Crippen LogP contribution < -0.4 is 9.47 Å². The van der Waals surface area contributed by atoms with Crippen molar-refractivity contribution in [3.05, 3.63) is 27.6 Å². The Balaban J connectivity index is 2.27. The van der Waals surface area contributed by atoms with Gasteiger partial charge in [-0.1, -0.05) is 11.6 Å². The maximum atomic E-state index is 12.3. The largest absolute Gasteiger partial charge is 0.493 e. The summed E-state index contributed by atoms with van der Waals surface area (Å²) in [6, 6.07) is 3.21. The van der Waals surface area contributed by atoms with Gasteiger partial charge in [0.05, 0.1) is 30.8 Å². The molecule has 0 aliphatic carbocycles. The number of amides is 2. The summed E-state index contributed by atoms with van der Waals surface area (Å²) >= 11 is 6.87. The number of esters is 1. The minimum Gasteiger partial charge on any atom is -0.493 e. The highest BCUT2D eigenvalue weighted by Crippen LogP contribution is 2.38. The van der Waals surface area contributed by atoms with E-state index in [1.165, 1.54) is 20.3 Å². The van der Waals surface area contributed by atoms with Crippen molar-refractivity contribution in [1.29, 1.82) is 0 Å². The Kier molecular flexibility index (Phi) is 6.33. The fourth-order valence-corrected chi connectivity index (χ4v) is 3.28. The predicted octanol–water partition coefficient (Wildman–Crippen LogP) is 2.96. The van der Waals surface area contributed by atoms with Crippen LogP contribution in [0.15, 0.2) is 17.0 Å². The average molecular weight is 386 g/mol. The number of rotatable bonds is 6. The van der Waals surface area contributed by atoms with Crippen LogP contribution in [0.2, 0.25) is 5.02 Å². The van der Waals surface area contributed by atoms with E-state index in [4.69, 9.17) is 25.8 Å². The third-order valence-electron chi connectivity index (χ3n) is 3.22. The van der Waals surface area contributed by atoms with E-state index in [0.29, 0.717) is 22.1 Å². The van der Waals surface area contributed by atoms with Gasteiger partial charge < -0.3 is 14.2 Å². The summed E-state index contributed by atoms with van der Waals surface area (Å²) < 4.78 is 15.1. The van der Waals surface area contributed by atoms with Crippen molar-refractivity contribution in [1.82, 2.24) is 4.90 Å². The van der Waals surface area contributed by atoms with Crippen LogP contribution >= 0.6 is 23.4 Å². The van der Waals surface area contributed by atoms with Crippen molar-refractivity contribution in [2.75, 3.05) is 27.4 Å². The highest BCUT2D eigenvalue weighted by Gasteiger charge is 2.36. The van der Waals surface area contributed by atoms with Crippen LogP contribution in [0.5, 0.6) is 11.5 Å². The topological polar surface area (TPSA) is 82.1 Å². The summed E-state index contributed by atoms with van der Waals surface area (Å²) in [5, 5.41) is -0.227. The van der Waals surface area contributed by atoms with Crippen molar-refractivity contribution in [2.24, 2.45) is 0 Å². The molecule has 2 rings (SSSR count). The van der Waals surface area contributed by atoms with Gasteiger partial charge in [0.25, 0.3) is 11.1 Å². The first kappa shape index (κ1) is 19.1. The molecule has 1 saturated heterocycles. The van der Waals surface area contributed by atoms with Crippen molar-refractivity contribution in [3.8, 4) is 11.5 Å². The first-order valence-electron chi connectivity index (χ1n) is 7.23. The van der Waals surface area contributed by atoms with Crippen LogP contribution in [0, 0.1) is 0 Å². The number of methoxy groups -OCH3 is 2. The Labute approximate surface area is 153 Å². The van der Waals surface area contributed by atoms with E-state index in [1.807, 2.05) is 0 Å². The van der Waals surface area contributed by atoms with Crippen LogP contribution in [0.1, 0.15) is 12.5 Å². The lowest BCUT2D eigenvalue weighted by molar-refractivity contribution is -0.145. The highest BCUT2D eigenvalue weighted by atomic mass is 35.5. The van der Waals surface area contributed by atoms with Gasteiger partial charge >= 0.3 is 5.97 Å². The number of ether oxygens (including phenoxy) is 3. The maximum Gasteiger partial charge on any atom is 0.326 e. The monoisotopic (exact) mass is 385 g/mol. The third kappa shape index (κ3) is 4.26. The summed E-state index contributed by atoms with van der Waals surface area (Å²) in [6.45, 7) is 1.41. The van der Waals surface area contributed by atoms with E-state index in [9.17, 15) is 14.4 Å². The fourth-order valence-electron chi connectivity index (χ4n) is 2.14. The smallest absolute Gasteiger partial charge is 0.326 e. The van der Waals surface area contributed by atoms with Crippen LogP contribution in [-0.2, 0) is 14.3 Å². The molecule has 1 aromatic carbocycles. The Bertz CT molecular complexity index is 748. The number of benzene rings is 1. The van der Waals surface area contributed by atoms with Crippen LogP contribution in [0.25, 0.3) is 6.08 Å². The van der Waals surface area contributed by atoms with Gasteiger partial charge in [-0.3, -0.25) is 19.3 Å². The molecule has 0 N–H and O–H groups in total. The second-order valence-electron chi connectivity index (χ2n) is 4.81. The van der Waals surface area contributed by atoms with E-state index in [1.54, 1.807) is 19.1 Å². The van der Waals surface area contributed by atoms with Crippen molar-refractivity contribution < 1.29 is 28.6 Å². The first-order chi connectivity index (χ1) is 11.9. The molecule has 1 heterocycles. The molecule has 1 fully saturated rings. The molecule has 134 valence electrons. The summed E-state index contributed by atoms with van der Waals surface area (Å²) in [7, 11) is 2.93. The molecule has 9 heteroatoms. The van der Waals surface area contributed by atoms with Crippen LogP contribution in [0.4, 0.5) is 4.79 Å². The van der Waals surface area contributed by atoms with Gasteiger partial charge in [0.15, 0.2) is 11.5 Å². The summed E-state index contributed by atoms with van der Waals surface area (Å²) in [4.78, 5) is 36.8. The maximum absolute atomic E-state index is 12.3. The second kappa shape index (κ2) is 8.26. The van der Waals surface area contributed by atoms with E-state index in [-0.39, 0.29) is 11.5 Å². The van der Waals surface area contributed by atoms with Gasteiger partial charge in [-0.2, -0.15) is 0 Å². The molecule has 1 aliphatic heterocycles. The number of hydrogen-bond donors (Lipinski definition) is 0. The Morgan fingerprint density at radius 2 is 2.00 bits per heavy atom. The lowest BCUT2D eigenvalue weighted by Gasteiger charge is -2.11. The second-order valence-corrected chi connectivity index (χ2v) is 6.21. The molecule has 0 saturated carbocycles. The molecular formula is C16H16ClNO6S. The SMILES string of the molecule is CCOC(=O)CN1C(=O)S/C(=C/c2cc(Cl)c(OC)c(OC)c2)C1=O. The van der Waals surface area contributed by atoms with Crippen LogP contribution in [-0.4, -0.2) is 49.4 Å². The number of thioether (sulfide) groups is 1. The minimum absolute atomic E-state index is 0.176. The van der Waals surface area contributed by atoms with Crippen molar-refractivity contribution in [3.63, 3.8) is 0 Å². The molecule has 0 unspecified atom stereocenters. The zero-order valence-corrected chi connectivity index (χ0v) is 15.4.